The van der Waals surface area contributed by atoms with Crippen LogP contribution in [0.4, 0.5) is 5.69 Å². The number of nitrogens with one attached hydrogen (secondary N) is 1. The Morgan fingerprint density at radius 1 is 1.00 bits per heavy atom. The Hall–Kier alpha value is -2.57. The monoisotopic (exact) mass is 383 g/mol. The largest absolute Gasteiger partial charge is 0.486 e. The molecule has 1 aliphatic rings. The van der Waals surface area contributed by atoms with Crippen molar-refractivity contribution < 1.29 is 14.3 Å². The van der Waals surface area contributed by atoms with Gasteiger partial charge in [-0.25, -0.2) is 0 Å². The van der Waals surface area contributed by atoms with Gasteiger partial charge in [0.2, 0.25) is 0 Å². The maximum Gasteiger partial charge on any atom is 0.176 e. The highest BCUT2D eigenvalue weighted by atomic mass is 16.6. The van der Waals surface area contributed by atoms with E-state index in [2.05, 4.69) is 53.5 Å². The highest BCUT2D eigenvalue weighted by Gasteiger charge is 2.17. The molecule has 0 radical (unpaired) electrons. The van der Waals surface area contributed by atoms with Crippen molar-refractivity contribution >= 4 is 11.5 Å². The molecule has 0 spiro atoms. The molecule has 28 heavy (non-hydrogen) atoms. The lowest BCUT2D eigenvalue weighted by molar-refractivity contribution is 0.0987. The number of hydrogen-bond donors (Lipinski definition) is 1. The molecular formula is C22H29N3O3. The first-order valence-electron chi connectivity index (χ1n) is 9.53. The number of fused-ring (bicyclic) bond motifs is 1. The highest BCUT2D eigenvalue weighted by molar-refractivity contribution is 5.98. The molecule has 0 bridgehead atoms. The fourth-order valence-electron chi connectivity index (χ4n) is 3.23. The van der Waals surface area contributed by atoms with Gasteiger partial charge in [-0.1, -0.05) is 12.1 Å². The molecule has 1 atom stereocenters. The lowest BCUT2D eigenvalue weighted by Crippen LogP contribution is -2.33. The zero-order valence-electron chi connectivity index (χ0n) is 17.1. The lowest BCUT2D eigenvalue weighted by atomic mass is 10.0. The smallest absolute Gasteiger partial charge is 0.176 e. The van der Waals surface area contributed by atoms with E-state index in [0.717, 1.165) is 0 Å². The van der Waals surface area contributed by atoms with E-state index >= 15 is 0 Å². The fourth-order valence-corrected chi connectivity index (χ4v) is 3.23. The summed E-state index contributed by atoms with van der Waals surface area (Å²) in [7, 11) is 8.16. The predicted molar refractivity (Wildman–Crippen MR) is 112 cm³/mol. The van der Waals surface area contributed by atoms with E-state index < -0.39 is 0 Å². The number of carbonyl (C=O) groups excluding carboxylic acids is 1. The van der Waals surface area contributed by atoms with Crippen LogP contribution in [0.15, 0.2) is 42.5 Å². The summed E-state index contributed by atoms with van der Waals surface area (Å²) in [5, 5.41) is 3.31. The molecule has 1 N–H and O–H groups in total. The van der Waals surface area contributed by atoms with Gasteiger partial charge in [0, 0.05) is 37.9 Å². The average Bonchev–Trinajstić information content (AvgIpc) is 2.70. The molecule has 1 heterocycles. The van der Waals surface area contributed by atoms with Gasteiger partial charge in [-0.2, -0.15) is 0 Å². The van der Waals surface area contributed by atoms with Gasteiger partial charge in [-0.05, 0) is 50.0 Å². The van der Waals surface area contributed by atoms with Crippen molar-refractivity contribution in [1.82, 2.24) is 10.2 Å². The maximum atomic E-state index is 12.6. The van der Waals surface area contributed by atoms with E-state index in [1.807, 2.05) is 14.1 Å². The summed E-state index contributed by atoms with van der Waals surface area (Å²) in [5.41, 5.74) is 3.02. The normalized spacial score (nSPS) is 14.0. The number of Topliss-reactive ketones (excluding diaryl/α,β-unsaturated/α-hetero) is 1. The number of rotatable bonds is 8. The zero-order valence-corrected chi connectivity index (χ0v) is 17.1. The summed E-state index contributed by atoms with van der Waals surface area (Å²) in [4.78, 5) is 16.8. The Morgan fingerprint density at radius 2 is 1.68 bits per heavy atom. The van der Waals surface area contributed by atoms with Crippen LogP contribution in [0.5, 0.6) is 11.5 Å². The molecular weight excluding hydrogens is 354 g/mol. The highest BCUT2D eigenvalue weighted by Crippen LogP contribution is 2.30. The first-order valence-corrected chi connectivity index (χ1v) is 9.53. The van der Waals surface area contributed by atoms with Crippen LogP contribution < -0.4 is 19.7 Å². The van der Waals surface area contributed by atoms with Gasteiger partial charge < -0.3 is 24.6 Å². The molecule has 6 nitrogen and oxygen atoms in total. The third-order valence-corrected chi connectivity index (χ3v) is 4.91. The first kappa shape index (κ1) is 20.2. The number of carbonyl (C=O) groups is 1. The van der Waals surface area contributed by atoms with Gasteiger partial charge >= 0.3 is 0 Å². The second-order valence-electron chi connectivity index (χ2n) is 7.38. The molecule has 1 unspecified atom stereocenters. The van der Waals surface area contributed by atoms with Gasteiger partial charge in [0.25, 0.3) is 0 Å². The Kier molecular flexibility index (Phi) is 6.54. The van der Waals surface area contributed by atoms with Crippen molar-refractivity contribution in [2.75, 3.05) is 59.4 Å². The molecule has 0 saturated carbocycles. The van der Waals surface area contributed by atoms with Crippen LogP contribution in [-0.4, -0.2) is 65.2 Å². The van der Waals surface area contributed by atoms with Gasteiger partial charge in [0.05, 0.1) is 6.54 Å². The number of ether oxygens (including phenoxy) is 2. The van der Waals surface area contributed by atoms with Crippen LogP contribution in [-0.2, 0) is 0 Å². The number of anilines is 1. The quantitative estimate of drug-likeness (QED) is 0.707. The van der Waals surface area contributed by atoms with E-state index in [1.54, 1.807) is 18.2 Å². The molecule has 0 aliphatic carbocycles. The molecule has 150 valence electrons. The van der Waals surface area contributed by atoms with Gasteiger partial charge in [-0.15, -0.1) is 0 Å². The second kappa shape index (κ2) is 9.08. The van der Waals surface area contributed by atoms with Crippen molar-refractivity contribution in [3.05, 3.63) is 53.6 Å². The second-order valence-corrected chi connectivity index (χ2v) is 7.38. The molecule has 2 aromatic rings. The Bertz CT molecular complexity index is 803. The molecule has 3 rings (SSSR count). The number of hydrogen-bond acceptors (Lipinski definition) is 6. The van der Waals surface area contributed by atoms with Crippen LogP contribution in [0.25, 0.3) is 0 Å². The molecule has 0 aromatic heterocycles. The van der Waals surface area contributed by atoms with Crippen molar-refractivity contribution in [2.45, 2.75) is 6.04 Å². The molecule has 0 saturated heterocycles. The van der Waals surface area contributed by atoms with Crippen molar-refractivity contribution in [2.24, 2.45) is 0 Å². The predicted octanol–water partition coefficient (Wildman–Crippen LogP) is 2.60. The van der Waals surface area contributed by atoms with E-state index in [4.69, 9.17) is 9.47 Å². The lowest BCUT2D eigenvalue weighted by Gasteiger charge is -2.26. The molecule has 2 aromatic carbocycles. The molecule has 1 aliphatic heterocycles. The Balaban J connectivity index is 1.59. The first-order chi connectivity index (χ1) is 13.5. The molecule has 0 amide bonds. The SMILES string of the molecule is CN(C)c1ccc(C(CNCC(=O)c2ccc3c(c2)OCCO3)N(C)C)cc1. The van der Waals surface area contributed by atoms with Gasteiger partial charge in [0.1, 0.15) is 13.2 Å². The van der Waals surface area contributed by atoms with E-state index in [9.17, 15) is 4.79 Å². The maximum absolute atomic E-state index is 12.6. The summed E-state index contributed by atoms with van der Waals surface area (Å²) < 4.78 is 11.1. The Labute approximate surface area is 167 Å². The third kappa shape index (κ3) is 4.82. The minimum Gasteiger partial charge on any atom is -0.486 e. The molecule has 0 fully saturated rings. The topological polar surface area (TPSA) is 54.0 Å². The third-order valence-electron chi connectivity index (χ3n) is 4.91. The number of likely N-dealkylation sites (N-methyl/N-ethyl adjacent to an activating group) is 1. The number of benzene rings is 2. The van der Waals surface area contributed by atoms with Crippen LogP contribution in [0.1, 0.15) is 22.0 Å². The standard InChI is InChI=1S/C22H29N3O3/c1-24(2)18-8-5-16(6-9-18)19(25(3)4)14-23-15-20(26)17-7-10-21-22(13-17)28-12-11-27-21/h5-10,13,19,23H,11-12,14-15H2,1-4H3. The van der Waals surface area contributed by atoms with Gasteiger partial charge in [0.15, 0.2) is 17.3 Å². The van der Waals surface area contributed by atoms with Crippen molar-refractivity contribution in [3.8, 4) is 11.5 Å². The molecule has 6 heteroatoms. The van der Waals surface area contributed by atoms with Gasteiger partial charge in [-0.3, -0.25) is 4.79 Å². The summed E-state index contributed by atoms with van der Waals surface area (Å²) in [6.07, 6.45) is 0. The summed E-state index contributed by atoms with van der Waals surface area (Å²) >= 11 is 0. The summed E-state index contributed by atoms with van der Waals surface area (Å²) in [5.74, 6) is 1.38. The van der Waals surface area contributed by atoms with E-state index in [-0.39, 0.29) is 18.4 Å². The van der Waals surface area contributed by atoms with Crippen LogP contribution >= 0.6 is 0 Å². The number of ketones is 1. The minimum atomic E-state index is 0.0393. The average molecular weight is 383 g/mol. The van der Waals surface area contributed by atoms with Crippen LogP contribution in [0, 0.1) is 0 Å². The summed E-state index contributed by atoms with van der Waals surface area (Å²) in [6.45, 7) is 2.02. The zero-order chi connectivity index (χ0) is 20.1. The fraction of sp³-hybridized carbons (Fsp3) is 0.409. The van der Waals surface area contributed by atoms with E-state index in [1.165, 1.54) is 11.3 Å². The number of nitrogens with zero attached hydrogens (tertiary/aromatic N) is 2. The summed E-state index contributed by atoms with van der Waals surface area (Å²) in [6, 6.07) is 14.1. The van der Waals surface area contributed by atoms with Crippen molar-refractivity contribution in [3.63, 3.8) is 0 Å². The van der Waals surface area contributed by atoms with E-state index in [0.29, 0.717) is 36.8 Å². The van der Waals surface area contributed by atoms with Crippen molar-refractivity contribution in [1.29, 1.82) is 0 Å². The van der Waals surface area contributed by atoms with Crippen LogP contribution in [0.3, 0.4) is 0 Å². The van der Waals surface area contributed by atoms with Crippen LogP contribution in [0.2, 0.25) is 0 Å². The Morgan fingerprint density at radius 3 is 2.32 bits per heavy atom. The minimum absolute atomic E-state index is 0.0393.